The minimum absolute atomic E-state index is 0.0381. The van der Waals surface area contributed by atoms with Crippen LogP contribution in [0, 0.1) is 5.41 Å². The summed E-state index contributed by atoms with van der Waals surface area (Å²) in [5, 5.41) is 17.9. The van der Waals surface area contributed by atoms with Crippen LogP contribution in [0.3, 0.4) is 0 Å². The molecule has 8 heteroatoms. The summed E-state index contributed by atoms with van der Waals surface area (Å²) in [6.45, 7) is 4.39. The van der Waals surface area contributed by atoms with Crippen LogP contribution in [0.15, 0.2) is 17.4 Å². The van der Waals surface area contributed by atoms with Crippen LogP contribution in [0.4, 0.5) is 5.69 Å². The molecule has 2 aliphatic rings. The molecular weight excluding hydrogens is 332 g/mol. The molecule has 0 bridgehead atoms. The summed E-state index contributed by atoms with van der Waals surface area (Å²) in [4.78, 5) is 20.7. The lowest BCUT2D eigenvalue weighted by Crippen LogP contribution is -2.57. The largest absolute Gasteiger partial charge is 0.392 e. The monoisotopic (exact) mass is 362 g/mol. The van der Waals surface area contributed by atoms with Crippen LogP contribution in [0.25, 0.3) is 0 Å². The number of aliphatic hydroxyl groups is 1. The summed E-state index contributed by atoms with van der Waals surface area (Å²) in [7, 11) is 3.58. The Morgan fingerprint density at radius 1 is 1.46 bits per heavy atom. The average Bonchev–Trinajstić information content (AvgIpc) is 3.04. The van der Waals surface area contributed by atoms with Gasteiger partial charge in [0.15, 0.2) is 5.96 Å². The fourth-order valence-corrected chi connectivity index (χ4v) is 3.88. The Labute approximate surface area is 154 Å². The topological polar surface area (TPSA) is 86.0 Å². The molecule has 1 aliphatic heterocycles. The van der Waals surface area contributed by atoms with Gasteiger partial charge in [-0.15, -0.1) is 0 Å². The number of nitrogens with one attached hydrogen (secondary N) is 1. The number of hydrogen-bond acceptors (Lipinski definition) is 4. The Hall–Kier alpha value is -2.09. The van der Waals surface area contributed by atoms with Gasteiger partial charge in [0.2, 0.25) is 5.91 Å². The highest BCUT2D eigenvalue weighted by Crippen LogP contribution is 2.35. The second kappa shape index (κ2) is 7.65. The summed E-state index contributed by atoms with van der Waals surface area (Å²) < 4.78 is 1.70. The highest BCUT2D eigenvalue weighted by atomic mass is 16.3. The number of aliphatic imine (C=N–C) groups is 1. The van der Waals surface area contributed by atoms with Gasteiger partial charge in [-0.25, -0.2) is 0 Å². The van der Waals surface area contributed by atoms with E-state index in [1.165, 1.54) is 0 Å². The maximum Gasteiger partial charge on any atom is 0.246 e. The number of hydrogen-bond donors (Lipinski definition) is 2. The van der Waals surface area contributed by atoms with Crippen LogP contribution in [-0.2, 0) is 11.8 Å². The van der Waals surface area contributed by atoms with Crippen molar-refractivity contribution in [1.29, 1.82) is 0 Å². The first-order valence-electron chi connectivity index (χ1n) is 9.35. The molecule has 1 saturated heterocycles. The quantitative estimate of drug-likeness (QED) is 0.607. The number of piperazine rings is 1. The Morgan fingerprint density at radius 2 is 2.27 bits per heavy atom. The van der Waals surface area contributed by atoms with Gasteiger partial charge in [0, 0.05) is 45.3 Å². The van der Waals surface area contributed by atoms with Gasteiger partial charge in [-0.1, -0.05) is 19.8 Å². The standard InChI is InChI=1S/C18H30N6O2/c1-18(7-5-4-6-15(18)25)13-20-17(19-2)23-8-9-24(16(26)12-23)14-10-21-22(3)11-14/h10-11,15,25H,4-9,12-13H2,1-3H3,(H,19,20). The summed E-state index contributed by atoms with van der Waals surface area (Å²) in [5.41, 5.74) is 0.688. The van der Waals surface area contributed by atoms with E-state index in [0.717, 1.165) is 37.3 Å². The van der Waals surface area contributed by atoms with Crippen LogP contribution in [0.5, 0.6) is 0 Å². The Bertz CT molecular complexity index is 672. The number of nitrogens with zero attached hydrogens (tertiary/aromatic N) is 5. The molecule has 1 aromatic rings. The number of aliphatic hydroxyl groups excluding tert-OH is 1. The van der Waals surface area contributed by atoms with Crippen molar-refractivity contribution in [3.8, 4) is 0 Å². The molecule has 2 unspecified atom stereocenters. The number of guanidine groups is 1. The van der Waals surface area contributed by atoms with Crippen LogP contribution in [0.2, 0.25) is 0 Å². The fourth-order valence-electron chi connectivity index (χ4n) is 3.88. The Morgan fingerprint density at radius 3 is 2.88 bits per heavy atom. The van der Waals surface area contributed by atoms with E-state index in [1.54, 1.807) is 22.8 Å². The highest BCUT2D eigenvalue weighted by molar-refractivity contribution is 5.98. The minimum Gasteiger partial charge on any atom is -0.392 e. The van der Waals surface area contributed by atoms with Crippen molar-refractivity contribution in [2.75, 3.05) is 38.1 Å². The number of aromatic nitrogens is 2. The fraction of sp³-hybridized carbons (Fsp3) is 0.722. The van der Waals surface area contributed by atoms with Gasteiger partial charge in [0.05, 0.1) is 18.0 Å². The first kappa shape index (κ1) is 18.7. The SMILES string of the molecule is CN=C(NCC1(C)CCCCC1O)N1CCN(c2cnn(C)c2)C(=O)C1. The summed E-state index contributed by atoms with van der Waals surface area (Å²) in [6, 6.07) is 0. The zero-order valence-electron chi connectivity index (χ0n) is 16.0. The number of aryl methyl sites for hydroxylation is 1. The third-order valence-electron chi connectivity index (χ3n) is 5.67. The van der Waals surface area contributed by atoms with Crippen molar-refractivity contribution < 1.29 is 9.90 Å². The van der Waals surface area contributed by atoms with Crippen molar-refractivity contribution in [2.24, 2.45) is 17.5 Å². The number of rotatable bonds is 3. The first-order valence-corrected chi connectivity index (χ1v) is 9.35. The number of anilines is 1. The second-order valence-corrected chi connectivity index (χ2v) is 7.66. The third-order valence-corrected chi connectivity index (χ3v) is 5.67. The maximum absolute atomic E-state index is 12.6. The maximum atomic E-state index is 12.6. The predicted octanol–water partition coefficient (Wildman–Crippen LogP) is 0.585. The predicted molar refractivity (Wildman–Crippen MR) is 101 cm³/mol. The van der Waals surface area contributed by atoms with E-state index in [0.29, 0.717) is 19.6 Å². The molecule has 0 aromatic carbocycles. The lowest BCUT2D eigenvalue weighted by Gasteiger charge is -2.40. The molecule has 1 amide bonds. The molecule has 0 spiro atoms. The van der Waals surface area contributed by atoms with Gasteiger partial charge >= 0.3 is 0 Å². The number of amides is 1. The number of carbonyl (C=O) groups excluding carboxylic acids is 1. The van der Waals surface area contributed by atoms with Crippen LogP contribution in [0.1, 0.15) is 32.6 Å². The molecular formula is C18H30N6O2. The molecule has 8 nitrogen and oxygen atoms in total. The van der Waals surface area contributed by atoms with Gasteiger partial charge in [0.1, 0.15) is 6.54 Å². The molecule has 2 N–H and O–H groups in total. The van der Waals surface area contributed by atoms with Crippen molar-refractivity contribution in [3.63, 3.8) is 0 Å². The van der Waals surface area contributed by atoms with Gasteiger partial charge in [-0.2, -0.15) is 5.10 Å². The summed E-state index contributed by atoms with van der Waals surface area (Å²) in [5.74, 6) is 0.763. The summed E-state index contributed by atoms with van der Waals surface area (Å²) >= 11 is 0. The van der Waals surface area contributed by atoms with E-state index in [2.05, 4.69) is 22.3 Å². The smallest absolute Gasteiger partial charge is 0.246 e. The lowest BCUT2D eigenvalue weighted by molar-refractivity contribution is -0.120. The van der Waals surface area contributed by atoms with E-state index in [1.807, 2.05) is 18.1 Å². The molecule has 1 saturated carbocycles. The van der Waals surface area contributed by atoms with Crippen molar-refractivity contribution in [3.05, 3.63) is 12.4 Å². The van der Waals surface area contributed by atoms with Crippen molar-refractivity contribution in [2.45, 2.75) is 38.7 Å². The highest BCUT2D eigenvalue weighted by Gasteiger charge is 2.36. The van der Waals surface area contributed by atoms with Crippen LogP contribution < -0.4 is 10.2 Å². The second-order valence-electron chi connectivity index (χ2n) is 7.66. The van der Waals surface area contributed by atoms with Gasteiger partial charge in [-0.05, 0) is 12.8 Å². The average molecular weight is 362 g/mol. The molecule has 1 aromatic heterocycles. The van der Waals surface area contributed by atoms with E-state index in [-0.39, 0.29) is 24.0 Å². The molecule has 2 heterocycles. The Kier molecular flexibility index (Phi) is 5.50. The van der Waals surface area contributed by atoms with E-state index in [9.17, 15) is 9.90 Å². The van der Waals surface area contributed by atoms with Crippen molar-refractivity contribution in [1.82, 2.24) is 20.0 Å². The summed E-state index contributed by atoms with van der Waals surface area (Å²) in [6.07, 6.45) is 7.39. The normalized spacial score (nSPS) is 27.8. The lowest BCUT2D eigenvalue weighted by atomic mass is 9.73. The molecule has 3 rings (SSSR count). The number of carbonyl (C=O) groups is 1. The van der Waals surface area contributed by atoms with Crippen LogP contribution >= 0.6 is 0 Å². The molecule has 0 radical (unpaired) electrons. The zero-order valence-corrected chi connectivity index (χ0v) is 16.0. The molecule has 2 fully saturated rings. The Balaban J connectivity index is 1.59. The molecule has 26 heavy (non-hydrogen) atoms. The van der Waals surface area contributed by atoms with Crippen LogP contribution in [-0.4, -0.2) is 71.0 Å². The van der Waals surface area contributed by atoms with E-state index in [4.69, 9.17) is 0 Å². The van der Waals surface area contributed by atoms with E-state index >= 15 is 0 Å². The first-order chi connectivity index (χ1) is 12.4. The van der Waals surface area contributed by atoms with Gasteiger partial charge < -0.3 is 20.2 Å². The third kappa shape index (κ3) is 3.85. The van der Waals surface area contributed by atoms with Crippen molar-refractivity contribution >= 4 is 17.6 Å². The van der Waals surface area contributed by atoms with Gasteiger partial charge in [-0.3, -0.25) is 14.5 Å². The van der Waals surface area contributed by atoms with E-state index < -0.39 is 0 Å². The molecule has 144 valence electrons. The zero-order chi connectivity index (χ0) is 18.7. The molecule has 2 atom stereocenters. The molecule has 1 aliphatic carbocycles. The van der Waals surface area contributed by atoms with Gasteiger partial charge in [0.25, 0.3) is 0 Å². The minimum atomic E-state index is -0.286.